The zero-order chi connectivity index (χ0) is 26.2. The predicted octanol–water partition coefficient (Wildman–Crippen LogP) is 3.71. The number of nitrogens with zero attached hydrogens (tertiary/aromatic N) is 5. The van der Waals surface area contributed by atoms with E-state index >= 15 is 0 Å². The first kappa shape index (κ1) is 25.6. The average Bonchev–Trinajstić information content (AvgIpc) is 3.36. The molecule has 8 nitrogen and oxygen atoms in total. The minimum atomic E-state index is -4.93. The molecule has 2 aromatic heterocycles. The van der Waals surface area contributed by atoms with Crippen molar-refractivity contribution < 1.29 is 27.8 Å². The highest BCUT2D eigenvalue weighted by atomic mass is 35.5. The molecule has 4 rings (SSSR count). The molecule has 13 heteroatoms. The summed E-state index contributed by atoms with van der Waals surface area (Å²) in [5.74, 6) is -0.410. The van der Waals surface area contributed by atoms with E-state index in [0.717, 1.165) is 9.13 Å². The first-order chi connectivity index (χ1) is 16.9. The highest BCUT2D eigenvalue weighted by Crippen LogP contribution is 2.25. The highest BCUT2D eigenvalue weighted by molar-refractivity contribution is 6.30. The third-order valence-corrected chi connectivity index (χ3v) is 5.59. The molecule has 190 valence electrons. The van der Waals surface area contributed by atoms with Crippen molar-refractivity contribution >= 4 is 11.6 Å². The molecule has 0 saturated carbocycles. The lowest BCUT2D eigenvalue weighted by Crippen LogP contribution is -2.37. The van der Waals surface area contributed by atoms with Crippen molar-refractivity contribution in [3.05, 3.63) is 87.7 Å². The maximum Gasteiger partial charge on any atom is 0.416 e. The van der Waals surface area contributed by atoms with Gasteiger partial charge in [0, 0.05) is 11.2 Å². The number of imidazole rings is 1. The lowest BCUT2D eigenvalue weighted by Gasteiger charge is -2.16. The Morgan fingerprint density at radius 1 is 1.11 bits per heavy atom. The second-order valence-corrected chi connectivity index (χ2v) is 8.49. The molecule has 0 saturated heterocycles. The number of aliphatic hydroxyl groups is 2. The molecule has 2 N–H and O–H groups in total. The van der Waals surface area contributed by atoms with Gasteiger partial charge in [-0.25, -0.2) is 18.9 Å². The molecule has 0 spiro atoms. The van der Waals surface area contributed by atoms with Gasteiger partial charge in [-0.2, -0.15) is 13.2 Å². The number of aromatic nitrogens is 5. The standard InChI is InChI=1S/C23H20ClF4N5O3/c1-13(34)21-29-20(30-33(21)17-4-2-3-16(25)9-17)12-31-10-18(14-5-7-15(24)8-6-14)32(22(31)36)11-19(35)23(26,27)28/h2-10,13,19,34-35H,11-12H2,1H3/t13-,19-/m0/s1. The zero-order valence-corrected chi connectivity index (χ0v) is 19.4. The molecule has 0 aliphatic carbocycles. The Balaban J connectivity index is 1.77. The second kappa shape index (κ2) is 9.88. The Morgan fingerprint density at radius 2 is 1.81 bits per heavy atom. The van der Waals surface area contributed by atoms with Crippen LogP contribution in [0.1, 0.15) is 24.7 Å². The largest absolute Gasteiger partial charge is 0.416 e. The van der Waals surface area contributed by atoms with Crippen LogP contribution >= 0.6 is 11.6 Å². The monoisotopic (exact) mass is 525 g/mol. The lowest BCUT2D eigenvalue weighted by atomic mass is 10.1. The average molecular weight is 526 g/mol. The molecule has 0 aliphatic rings. The lowest BCUT2D eigenvalue weighted by molar-refractivity contribution is -0.207. The highest BCUT2D eigenvalue weighted by Gasteiger charge is 2.39. The summed E-state index contributed by atoms with van der Waals surface area (Å²) in [7, 11) is 0. The van der Waals surface area contributed by atoms with E-state index in [2.05, 4.69) is 10.1 Å². The van der Waals surface area contributed by atoms with Gasteiger partial charge in [-0.1, -0.05) is 29.8 Å². The van der Waals surface area contributed by atoms with E-state index in [1.807, 2.05) is 0 Å². The molecule has 0 aliphatic heterocycles. The van der Waals surface area contributed by atoms with Gasteiger partial charge in [0.15, 0.2) is 17.8 Å². The van der Waals surface area contributed by atoms with Crippen LogP contribution in [0.3, 0.4) is 0 Å². The Hall–Kier alpha value is -3.48. The Kier molecular flexibility index (Phi) is 7.03. The van der Waals surface area contributed by atoms with Crippen molar-refractivity contribution in [3.63, 3.8) is 0 Å². The molecule has 2 aromatic carbocycles. The maximum absolute atomic E-state index is 13.7. The second-order valence-electron chi connectivity index (χ2n) is 8.05. The summed E-state index contributed by atoms with van der Waals surface area (Å²) in [5, 5.41) is 24.4. The van der Waals surface area contributed by atoms with Crippen LogP contribution in [0.25, 0.3) is 16.9 Å². The third kappa shape index (κ3) is 5.35. The number of benzene rings is 2. The van der Waals surface area contributed by atoms with Gasteiger partial charge in [0.05, 0.1) is 24.5 Å². The fourth-order valence-corrected chi connectivity index (χ4v) is 3.73. The van der Waals surface area contributed by atoms with E-state index in [1.54, 1.807) is 6.07 Å². The Bertz CT molecular complexity index is 1430. The van der Waals surface area contributed by atoms with E-state index in [0.29, 0.717) is 10.6 Å². The topological polar surface area (TPSA) is 98.1 Å². The quantitative estimate of drug-likeness (QED) is 0.358. The first-order valence-corrected chi connectivity index (χ1v) is 11.0. The Labute approximate surface area is 206 Å². The minimum Gasteiger partial charge on any atom is -0.385 e. The van der Waals surface area contributed by atoms with Crippen molar-refractivity contribution in [1.29, 1.82) is 0 Å². The molecule has 2 heterocycles. The van der Waals surface area contributed by atoms with Crippen LogP contribution in [0.5, 0.6) is 0 Å². The van der Waals surface area contributed by atoms with Crippen molar-refractivity contribution in [1.82, 2.24) is 23.9 Å². The van der Waals surface area contributed by atoms with E-state index < -0.39 is 36.4 Å². The first-order valence-electron chi connectivity index (χ1n) is 10.6. The summed E-state index contributed by atoms with van der Waals surface area (Å²) in [5.41, 5.74) is -0.0542. The van der Waals surface area contributed by atoms with Gasteiger partial charge in [-0.15, -0.1) is 5.10 Å². The van der Waals surface area contributed by atoms with Gasteiger partial charge in [0.1, 0.15) is 11.9 Å². The minimum absolute atomic E-state index is 0.0495. The molecule has 2 atom stereocenters. The Morgan fingerprint density at radius 3 is 2.42 bits per heavy atom. The molecule has 0 radical (unpaired) electrons. The summed E-state index contributed by atoms with van der Waals surface area (Å²) in [6.45, 7) is 0.136. The normalized spacial score (nSPS) is 13.7. The number of halogens is 5. The van der Waals surface area contributed by atoms with Crippen LogP contribution in [0.15, 0.2) is 59.5 Å². The van der Waals surface area contributed by atoms with Crippen molar-refractivity contribution in [2.24, 2.45) is 0 Å². The predicted molar refractivity (Wildman–Crippen MR) is 122 cm³/mol. The number of hydrogen-bond acceptors (Lipinski definition) is 5. The van der Waals surface area contributed by atoms with E-state index in [9.17, 15) is 32.6 Å². The van der Waals surface area contributed by atoms with E-state index in [-0.39, 0.29) is 29.6 Å². The molecular weight excluding hydrogens is 506 g/mol. The maximum atomic E-state index is 13.7. The molecule has 0 amide bonds. The van der Waals surface area contributed by atoms with Crippen LogP contribution in [0, 0.1) is 5.82 Å². The van der Waals surface area contributed by atoms with Crippen molar-refractivity contribution in [3.8, 4) is 16.9 Å². The van der Waals surface area contributed by atoms with Crippen molar-refractivity contribution in [2.75, 3.05) is 0 Å². The number of rotatable bonds is 7. The van der Waals surface area contributed by atoms with E-state index in [4.69, 9.17) is 11.6 Å². The molecular formula is C23H20ClF4N5O3. The fourth-order valence-electron chi connectivity index (χ4n) is 3.60. The van der Waals surface area contributed by atoms with Crippen LogP contribution in [-0.2, 0) is 13.1 Å². The third-order valence-electron chi connectivity index (χ3n) is 5.33. The van der Waals surface area contributed by atoms with Gasteiger partial charge in [0.2, 0.25) is 0 Å². The summed E-state index contributed by atoms with van der Waals surface area (Å²) < 4.78 is 56.0. The smallest absolute Gasteiger partial charge is 0.385 e. The summed E-state index contributed by atoms with van der Waals surface area (Å²) in [6, 6.07) is 11.5. The van der Waals surface area contributed by atoms with Gasteiger partial charge in [-0.05, 0) is 42.8 Å². The molecule has 4 aromatic rings. The van der Waals surface area contributed by atoms with Crippen LogP contribution in [0.4, 0.5) is 17.6 Å². The molecule has 0 fully saturated rings. The summed E-state index contributed by atoms with van der Waals surface area (Å²) in [4.78, 5) is 17.3. The van der Waals surface area contributed by atoms with Crippen LogP contribution in [-0.4, -0.2) is 46.4 Å². The van der Waals surface area contributed by atoms with Gasteiger partial charge in [0.25, 0.3) is 0 Å². The SMILES string of the molecule is C[C@H](O)c1nc(Cn2cc(-c3ccc(Cl)cc3)n(C[C@H](O)C(F)(F)F)c2=O)nn1-c1cccc(F)c1. The van der Waals surface area contributed by atoms with Gasteiger partial charge < -0.3 is 10.2 Å². The van der Waals surface area contributed by atoms with Gasteiger partial charge in [-0.3, -0.25) is 9.13 Å². The van der Waals surface area contributed by atoms with E-state index in [1.165, 1.54) is 60.3 Å². The van der Waals surface area contributed by atoms with Crippen molar-refractivity contribution in [2.45, 2.75) is 38.4 Å². The number of alkyl halides is 3. The van der Waals surface area contributed by atoms with Crippen LogP contribution < -0.4 is 5.69 Å². The fraction of sp³-hybridized carbons (Fsp3) is 0.261. The summed E-state index contributed by atoms with van der Waals surface area (Å²) in [6.07, 6.45) is -7.48. The summed E-state index contributed by atoms with van der Waals surface area (Å²) >= 11 is 5.90. The molecule has 0 bridgehead atoms. The van der Waals surface area contributed by atoms with Crippen LogP contribution in [0.2, 0.25) is 5.02 Å². The van der Waals surface area contributed by atoms with Gasteiger partial charge >= 0.3 is 11.9 Å². The number of hydrogen-bond donors (Lipinski definition) is 2. The number of aliphatic hydroxyl groups excluding tert-OH is 2. The molecule has 0 unspecified atom stereocenters. The molecule has 36 heavy (non-hydrogen) atoms. The zero-order valence-electron chi connectivity index (χ0n) is 18.7.